The second-order valence-corrected chi connectivity index (χ2v) is 9.51. The molecule has 2 N–H and O–H groups in total. The van der Waals surface area contributed by atoms with Crippen LogP contribution in [0.5, 0.6) is 5.75 Å². The first-order chi connectivity index (χ1) is 16.7. The number of amides is 3. The van der Waals surface area contributed by atoms with Crippen LogP contribution in [0, 0.1) is 13.8 Å². The molecule has 0 aliphatic carbocycles. The number of ether oxygens (including phenoxy) is 1. The van der Waals surface area contributed by atoms with Gasteiger partial charge in [0, 0.05) is 37.8 Å². The number of hydrogen-bond donors (Lipinski definition) is 2. The molecule has 4 rings (SSSR count). The minimum atomic E-state index is -0.890. The first-order valence-electron chi connectivity index (χ1n) is 12.1. The third-order valence-corrected chi connectivity index (χ3v) is 6.97. The zero-order valence-corrected chi connectivity index (χ0v) is 20.5. The number of hydrogen-bond acceptors (Lipinski definition) is 5. The molecule has 2 aliphatic heterocycles. The number of benzene rings is 2. The van der Waals surface area contributed by atoms with Crippen molar-refractivity contribution in [1.82, 2.24) is 9.80 Å². The summed E-state index contributed by atoms with van der Waals surface area (Å²) in [5, 5.41) is 13.0. The zero-order valence-electron chi connectivity index (χ0n) is 20.5. The molecule has 0 bridgehead atoms. The van der Waals surface area contributed by atoms with Crippen LogP contribution in [0.1, 0.15) is 42.0 Å². The molecule has 35 heavy (non-hydrogen) atoms. The summed E-state index contributed by atoms with van der Waals surface area (Å²) in [4.78, 5) is 41.4. The van der Waals surface area contributed by atoms with E-state index in [-0.39, 0.29) is 30.0 Å². The number of para-hydroxylation sites is 1. The quantitative estimate of drug-likeness (QED) is 0.670. The molecule has 0 unspecified atom stereocenters. The molecule has 2 heterocycles. The number of phenolic OH excluding ortho intramolecular Hbond substituents is 1. The Morgan fingerprint density at radius 1 is 1.11 bits per heavy atom. The van der Waals surface area contributed by atoms with E-state index in [0.29, 0.717) is 32.5 Å². The highest BCUT2D eigenvalue weighted by Crippen LogP contribution is 2.26. The highest BCUT2D eigenvalue weighted by molar-refractivity contribution is 5.91. The van der Waals surface area contributed by atoms with Gasteiger partial charge in [0.25, 0.3) is 0 Å². The number of carbonyl (C=O) groups excluding carboxylic acids is 3. The maximum absolute atomic E-state index is 12.9. The van der Waals surface area contributed by atoms with Crippen molar-refractivity contribution in [3.63, 3.8) is 0 Å². The molecule has 3 amide bonds. The Bertz CT molecular complexity index is 1100. The maximum atomic E-state index is 12.9. The number of rotatable bonds is 5. The van der Waals surface area contributed by atoms with E-state index in [0.717, 1.165) is 34.4 Å². The van der Waals surface area contributed by atoms with Crippen molar-refractivity contribution in [3.05, 3.63) is 58.7 Å². The van der Waals surface area contributed by atoms with Crippen molar-refractivity contribution < 1.29 is 24.2 Å². The summed E-state index contributed by atoms with van der Waals surface area (Å²) in [7, 11) is 0. The number of aromatic hydroxyl groups is 1. The average molecular weight is 480 g/mol. The minimum absolute atomic E-state index is 0.0416. The number of nitrogens with one attached hydrogen (secondary N) is 1. The number of fused-ring (bicyclic) bond motifs is 1. The van der Waals surface area contributed by atoms with E-state index in [1.54, 1.807) is 18.7 Å². The predicted molar refractivity (Wildman–Crippen MR) is 133 cm³/mol. The van der Waals surface area contributed by atoms with Gasteiger partial charge in [0.2, 0.25) is 0 Å². The maximum Gasteiger partial charge on any atom is 0.410 e. The number of nitrogens with zero attached hydrogens (tertiary/aromatic N) is 2. The molecule has 0 spiro atoms. The highest BCUT2D eigenvalue weighted by atomic mass is 16.6. The summed E-state index contributed by atoms with van der Waals surface area (Å²) >= 11 is 0. The lowest BCUT2D eigenvalue weighted by molar-refractivity contribution is -0.125. The van der Waals surface area contributed by atoms with Crippen LogP contribution in [0.2, 0.25) is 0 Å². The van der Waals surface area contributed by atoms with Crippen LogP contribution in [-0.2, 0) is 22.4 Å². The topological polar surface area (TPSA) is 99.2 Å². The number of aryl methyl sites for hydroxylation is 2. The molecule has 0 aromatic heterocycles. The van der Waals surface area contributed by atoms with Crippen molar-refractivity contribution in [2.24, 2.45) is 0 Å². The van der Waals surface area contributed by atoms with Crippen molar-refractivity contribution in [2.45, 2.75) is 58.6 Å². The van der Waals surface area contributed by atoms with E-state index < -0.39 is 12.2 Å². The average Bonchev–Trinajstić information content (AvgIpc) is 3.00. The van der Waals surface area contributed by atoms with Crippen molar-refractivity contribution in [3.8, 4) is 5.75 Å². The fraction of sp³-hybridized carbons (Fsp3) is 0.444. The summed E-state index contributed by atoms with van der Waals surface area (Å²) in [5.41, 5.74) is 4.25. The fourth-order valence-electron chi connectivity index (χ4n) is 4.94. The molecule has 1 saturated heterocycles. The van der Waals surface area contributed by atoms with Crippen LogP contribution < -0.4 is 5.32 Å². The van der Waals surface area contributed by atoms with Crippen LogP contribution in [-0.4, -0.2) is 64.6 Å². The summed E-state index contributed by atoms with van der Waals surface area (Å²) < 4.78 is 5.61. The zero-order chi connectivity index (χ0) is 25.1. The SMILES string of the molecule is CC(=O)[C@@H](Cc1cc(C)c(O)c(C)c1)OC(=O)N1CCC(N2CCc3ccccc3NC2=O)CC1. The number of likely N-dealkylation sites (tertiary alicyclic amines) is 1. The Kier molecular flexibility index (Phi) is 7.28. The third-order valence-electron chi connectivity index (χ3n) is 6.97. The van der Waals surface area contributed by atoms with Crippen LogP contribution >= 0.6 is 0 Å². The van der Waals surface area contributed by atoms with Crippen molar-refractivity contribution >= 4 is 23.6 Å². The van der Waals surface area contributed by atoms with E-state index >= 15 is 0 Å². The molecule has 2 aromatic carbocycles. The lowest BCUT2D eigenvalue weighted by atomic mass is 10.00. The molecular weight excluding hydrogens is 446 g/mol. The summed E-state index contributed by atoms with van der Waals surface area (Å²) in [6.07, 6.45) is 0.948. The molecule has 2 aliphatic rings. The first kappa shape index (κ1) is 24.6. The van der Waals surface area contributed by atoms with Gasteiger partial charge in [-0.05, 0) is 68.4 Å². The number of urea groups is 1. The normalized spacial score (nSPS) is 17.3. The Morgan fingerprint density at radius 2 is 1.77 bits per heavy atom. The molecule has 1 fully saturated rings. The minimum Gasteiger partial charge on any atom is -0.507 e. The molecule has 2 aromatic rings. The van der Waals surface area contributed by atoms with Gasteiger partial charge in [0.05, 0.1) is 0 Å². The number of anilines is 1. The van der Waals surface area contributed by atoms with Gasteiger partial charge in [-0.15, -0.1) is 0 Å². The van der Waals surface area contributed by atoms with E-state index in [2.05, 4.69) is 5.32 Å². The van der Waals surface area contributed by atoms with Crippen LogP contribution in [0.15, 0.2) is 36.4 Å². The molecule has 186 valence electrons. The van der Waals surface area contributed by atoms with Gasteiger partial charge in [-0.25, -0.2) is 9.59 Å². The van der Waals surface area contributed by atoms with Gasteiger partial charge in [-0.1, -0.05) is 30.3 Å². The smallest absolute Gasteiger partial charge is 0.410 e. The molecule has 1 atom stereocenters. The van der Waals surface area contributed by atoms with Crippen molar-refractivity contribution in [2.75, 3.05) is 25.0 Å². The van der Waals surface area contributed by atoms with Gasteiger partial charge in [0.1, 0.15) is 5.75 Å². The lowest BCUT2D eigenvalue weighted by Gasteiger charge is -2.37. The second kappa shape index (κ2) is 10.4. The van der Waals surface area contributed by atoms with Crippen LogP contribution in [0.3, 0.4) is 0 Å². The van der Waals surface area contributed by atoms with Gasteiger partial charge in [-0.2, -0.15) is 0 Å². The molecule has 8 heteroatoms. The molecule has 0 radical (unpaired) electrons. The highest BCUT2D eigenvalue weighted by Gasteiger charge is 2.33. The largest absolute Gasteiger partial charge is 0.507 e. The summed E-state index contributed by atoms with van der Waals surface area (Å²) in [6.45, 7) is 6.57. The third kappa shape index (κ3) is 5.58. The first-order valence-corrected chi connectivity index (χ1v) is 12.1. The number of ketones is 1. The number of Topliss-reactive ketones (excluding diaryl/α,β-unsaturated/α-hetero) is 1. The standard InChI is InChI=1S/C27H33N3O5/c1-17-14-20(15-18(2)25(17)32)16-24(19(3)31)35-27(34)29-11-9-22(10-12-29)30-13-8-21-6-4-5-7-23(21)28-26(30)33/h4-7,14-15,22,24,32H,8-13,16H2,1-3H3,(H,28,33)/t24-/m1/s1. The molecule has 8 nitrogen and oxygen atoms in total. The Morgan fingerprint density at radius 3 is 2.43 bits per heavy atom. The molecule has 0 saturated carbocycles. The van der Waals surface area contributed by atoms with E-state index in [1.807, 2.05) is 41.3 Å². The summed E-state index contributed by atoms with van der Waals surface area (Å²) in [5.74, 6) is 0.00684. The second-order valence-electron chi connectivity index (χ2n) is 9.51. The number of carbonyl (C=O) groups is 3. The van der Waals surface area contributed by atoms with Gasteiger partial charge in [0.15, 0.2) is 11.9 Å². The fourth-order valence-corrected chi connectivity index (χ4v) is 4.94. The lowest BCUT2D eigenvalue weighted by Crippen LogP contribution is -2.50. The van der Waals surface area contributed by atoms with E-state index in [1.165, 1.54) is 6.92 Å². The Hall–Kier alpha value is -3.55. The van der Waals surface area contributed by atoms with E-state index in [4.69, 9.17) is 4.74 Å². The molecular formula is C27H33N3O5. The van der Waals surface area contributed by atoms with Crippen molar-refractivity contribution in [1.29, 1.82) is 0 Å². The summed E-state index contributed by atoms with van der Waals surface area (Å²) in [6, 6.07) is 11.4. The van der Waals surface area contributed by atoms with Crippen LogP contribution in [0.4, 0.5) is 15.3 Å². The predicted octanol–water partition coefficient (Wildman–Crippen LogP) is 4.20. The van der Waals surface area contributed by atoms with Gasteiger partial charge in [-0.3, -0.25) is 4.79 Å². The van der Waals surface area contributed by atoms with Gasteiger partial charge < -0.3 is 25.0 Å². The Balaban J connectivity index is 1.33. The monoisotopic (exact) mass is 479 g/mol. The number of piperidine rings is 1. The van der Waals surface area contributed by atoms with Gasteiger partial charge >= 0.3 is 12.1 Å². The van der Waals surface area contributed by atoms with E-state index in [9.17, 15) is 19.5 Å². The number of phenols is 1. The Labute approximate surface area is 205 Å². The van der Waals surface area contributed by atoms with Crippen LogP contribution in [0.25, 0.3) is 0 Å².